The van der Waals surface area contributed by atoms with Crippen molar-refractivity contribution in [1.29, 1.82) is 0 Å². The Balaban J connectivity index is 1.55. The second-order valence-electron chi connectivity index (χ2n) is 6.73. The van der Waals surface area contributed by atoms with Crippen LogP contribution in [-0.2, 0) is 0 Å². The van der Waals surface area contributed by atoms with Crippen LogP contribution >= 0.6 is 0 Å². The Morgan fingerprint density at radius 2 is 2.08 bits per heavy atom. The molecule has 26 heavy (non-hydrogen) atoms. The lowest BCUT2D eigenvalue weighted by Gasteiger charge is -2.33. The predicted octanol–water partition coefficient (Wildman–Crippen LogP) is 3.69. The molecule has 3 heterocycles. The Bertz CT molecular complexity index is 940. The largest absolute Gasteiger partial charge is 0.373 e. The lowest BCUT2D eigenvalue weighted by Crippen LogP contribution is -2.39. The van der Waals surface area contributed by atoms with E-state index < -0.39 is 0 Å². The predicted molar refractivity (Wildman–Crippen MR) is 103 cm³/mol. The van der Waals surface area contributed by atoms with Gasteiger partial charge in [-0.2, -0.15) is 0 Å². The quantitative estimate of drug-likeness (QED) is 0.786. The molecular weight excluding hydrogens is 324 g/mol. The number of nitrogens with zero attached hydrogens (tertiary/aromatic N) is 3. The minimum atomic E-state index is 0.100. The smallest absolute Gasteiger partial charge is 0.253 e. The summed E-state index contributed by atoms with van der Waals surface area (Å²) in [5.74, 6) is 1.32. The highest BCUT2D eigenvalue weighted by Gasteiger charge is 2.25. The first-order valence-electron chi connectivity index (χ1n) is 9.02. The first-order chi connectivity index (χ1) is 12.7. The van der Waals surface area contributed by atoms with Gasteiger partial charge in [0.25, 0.3) is 5.91 Å². The van der Waals surface area contributed by atoms with Crippen LogP contribution in [0.3, 0.4) is 0 Å². The van der Waals surface area contributed by atoms with E-state index in [-0.39, 0.29) is 5.91 Å². The van der Waals surface area contributed by atoms with Gasteiger partial charge in [-0.3, -0.25) is 9.78 Å². The van der Waals surface area contributed by atoms with Crippen LogP contribution in [-0.4, -0.2) is 40.9 Å². The van der Waals surface area contributed by atoms with Crippen LogP contribution < -0.4 is 5.32 Å². The molecule has 1 atom stereocenters. The van der Waals surface area contributed by atoms with E-state index in [0.29, 0.717) is 5.92 Å². The molecule has 1 amide bonds. The summed E-state index contributed by atoms with van der Waals surface area (Å²) < 4.78 is 0. The lowest BCUT2D eigenvalue weighted by atomic mass is 9.90. The number of rotatable bonds is 3. The fourth-order valence-electron chi connectivity index (χ4n) is 3.66. The molecular formula is C21H22N4O. The van der Waals surface area contributed by atoms with E-state index in [1.54, 1.807) is 6.20 Å². The van der Waals surface area contributed by atoms with Gasteiger partial charge in [-0.15, -0.1) is 0 Å². The van der Waals surface area contributed by atoms with Crippen LogP contribution in [0.4, 0.5) is 5.82 Å². The maximum absolute atomic E-state index is 13.0. The van der Waals surface area contributed by atoms with Crippen molar-refractivity contribution in [1.82, 2.24) is 14.9 Å². The van der Waals surface area contributed by atoms with Crippen molar-refractivity contribution < 1.29 is 4.79 Å². The molecule has 0 spiro atoms. The minimum Gasteiger partial charge on any atom is -0.373 e. The average Bonchev–Trinajstić information content (AvgIpc) is 2.73. The van der Waals surface area contributed by atoms with Gasteiger partial charge in [0.05, 0.1) is 5.52 Å². The summed E-state index contributed by atoms with van der Waals surface area (Å²) in [7, 11) is 1.87. The molecule has 1 saturated heterocycles. The Kier molecular flexibility index (Phi) is 4.52. The van der Waals surface area contributed by atoms with Gasteiger partial charge >= 0.3 is 0 Å². The maximum atomic E-state index is 13.0. The van der Waals surface area contributed by atoms with E-state index in [0.717, 1.165) is 48.2 Å². The zero-order valence-corrected chi connectivity index (χ0v) is 14.9. The Morgan fingerprint density at radius 3 is 2.96 bits per heavy atom. The number of aromatic nitrogens is 2. The van der Waals surface area contributed by atoms with E-state index in [4.69, 9.17) is 0 Å². The Labute approximate surface area is 153 Å². The molecule has 1 fully saturated rings. The highest BCUT2D eigenvalue weighted by Crippen LogP contribution is 2.29. The molecule has 3 aromatic rings. The van der Waals surface area contributed by atoms with Crippen LogP contribution in [0, 0.1) is 0 Å². The second-order valence-corrected chi connectivity index (χ2v) is 6.73. The molecule has 0 saturated carbocycles. The summed E-state index contributed by atoms with van der Waals surface area (Å²) in [6, 6.07) is 13.8. The summed E-state index contributed by atoms with van der Waals surface area (Å²) in [5, 5.41) is 4.09. The maximum Gasteiger partial charge on any atom is 0.253 e. The first-order valence-corrected chi connectivity index (χ1v) is 9.02. The van der Waals surface area contributed by atoms with Gasteiger partial charge < -0.3 is 10.2 Å². The van der Waals surface area contributed by atoms with Gasteiger partial charge in [0.15, 0.2) is 0 Å². The summed E-state index contributed by atoms with van der Waals surface area (Å²) in [5.41, 5.74) is 2.89. The highest BCUT2D eigenvalue weighted by atomic mass is 16.2. The van der Waals surface area contributed by atoms with Crippen molar-refractivity contribution in [2.24, 2.45) is 0 Å². The van der Waals surface area contributed by atoms with Gasteiger partial charge in [-0.05, 0) is 54.8 Å². The minimum absolute atomic E-state index is 0.100. The molecule has 0 radical (unpaired) electrons. The summed E-state index contributed by atoms with van der Waals surface area (Å²) in [4.78, 5) is 23.6. The molecule has 1 N–H and O–H groups in total. The first kappa shape index (κ1) is 16.5. The second kappa shape index (κ2) is 7.12. The number of amides is 1. The molecule has 0 aliphatic carbocycles. The fourth-order valence-corrected chi connectivity index (χ4v) is 3.66. The third-order valence-electron chi connectivity index (χ3n) is 5.07. The number of hydrogen-bond donors (Lipinski definition) is 1. The van der Waals surface area contributed by atoms with Crippen molar-refractivity contribution >= 4 is 22.6 Å². The molecule has 1 aliphatic heterocycles. The molecule has 132 valence electrons. The van der Waals surface area contributed by atoms with Crippen molar-refractivity contribution in [3.63, 3.8) is 0 Å². The number of benzene rings is 1. The molecule has 5 nitrogen and oxygen atoms in total. The summed E-state index contributed by atoms with van der Waals surface area (Å²) in [6.45, 7) is 1.56. The third-order valence-corrected chi connectivity index (χ3v) is 5.07. The summed E-state index contributed by atoms with van der Waals surface area (Å²) in [6.07, 6.45) is 5.72. The molecule has 1 aromatic carbocycles. The van der Waals surface area contributed by atoms with Crippen molar-refractivity contribution in [2.75, 3.05) is 25.5 Å². The number of pyridine rings is 2. The number of carbonyl (C=O) groups is 1. The average molecular weight is 346 g/mol. The van der Waals surface area contributed by atoms with Crippen LogP contribution in [0.5, 0.6) is 0 Å². The van der Waals surface area contributed by atoms with Crippen LogP contribution in [0.25, 0.3) is 10.9 Å². The number of piperidine rings is 1. The van der Waals surface area contributed by atoms with Gasteiger partial charge in [-0.1, -0.05) is 6.07 Å². The molecule has 5 heteroatoms. The number of fused-ring (bicyclic) bond motifs is 1. The topological polar surface area (TPSA) is 58.1 Å². The number of carbonyl (C=O) groups excluding carboxylic acids is 1. The zero-order valence-electron chi connectivity index (χ0n) is 14.9. The van der Waals surface area contributed by atoms with Crippen molar-refractivity contribution in [3.8, 4) is 0 Å². The standard InChI is InChI=1S/C21H22N4O/c1-22-20-13-15(8-10-24-20)18-5-3-11-25(14-18)21(26)17-6-7-19-16(12-17)4-2-9-23-19/h2,4,6-10,12-13,18H,3,5,11,14H2,1H3,(H,22,24)/t18-/m0/s1. The van der Waals surface area contributed by atoms with Crippen molar-refractivity contribution in [3.05, 3.63) is 66.0 Å². The molecule has 0 bridgehead atoms. The monoisotopic (exact) mass is 346 g/mol. The van der Waals surface area contributed by atoms with E-state index in [1.165, 1.54) is 5.56 Å². The lowest BCUT2D eigenvalue weighted by molar-refractivity contribution is 0.0707. The zero-order chi connectivity index (χ0) is 17.9. The molecule has 4 rings (SSSR count). The molecule has 1 aliphatic rings. The van der Waals surface area contributed by atoms with Crippen LogP contribution in [0.1, 0.15) is 34.7 Å². The number of anilines is 1. The van der Waals surface area contributed by atoms with Crippen LogP contribution in [0.2, 0.25) is 0 Å². The van der Waals surface area contributed by atoms with Gasteiger partial charge in [0, 0.05) is 49.4 Å². The molecule has 0 unspecified atom stereocenters. The number of hydrogen-bond acceptors (Lipinski definition) is 4. The molecule has 2 aromatic heterocycles. The Hall–Kier alpha value is -2.95. The Morgan fingerprint density at radius 1 is 1.15 bits per heavy atom. The van der Waals surface area contributed by atoms with Crippen molar-refractivity contribution in [2.45, 2.75) is 18.8 Å². The van der Waals surface area contributed by atoms with E-state index in [1.807, 2.05) is 48.5 Å². The SMILES string of the molecule is CNc1cc([C@H]2CCCN(C(=O)c3ccc4ncccc4c3)C2)ccn1. The van der Waals surface area contributed by atoms with E-state index in [2.05, 4.69) is 27.4 Å². The highest BCUT2D eigenvalue weighted by molar-refractivity contribution is 5.98. The van der Waals surface area contributed by atoms with E-state index in [9.17, 15) is 4.79 Å². The normalized spacial score (nSPS) is 17.3. The van der Waals surface area contributed by atoms with Gasteiger partial charge in [0.2, 0.25) is 0 Å². The summed E-state index contributed by atoms with van der Waals surface area (Å²) >= 11 is 0. The van der Waals surface area contributed by atoms with Gasteiger partial charge in [0.1, 0.15) is 5.82 Å². The fraction of sp³-hybridized carbons (Fsp3) is 0.286. The third kappa shape index (κ3) is 3.25. The van der Waals surface area contributed by atoms with Crippen LogP contribution in [0.15, 0.2) is 54.9 Å². The van der Waals surface area contributed by atoms with E-state index >= 15 is 0 Å². The number of nitrogens with one attached hydrogen (secondary N) is 1. The number of likely N-dealkylation sites (tertiary alicyclic amines) is 1. The van der Waals surface area contributed by atoms with Gasteiger partial charge in [-0.25, -0.2) is 4.98 Å².